The predicted octanol–water partition coefficient (Wildman–Crippen LogP) is 1.06. The van der Waals surface area contributed by atoms with Gasteiger partial charge in [0.1, 0.15) is 11.9 Å². The molecular formula is C11H14N4O. The average molecular weight is 218 g/mol. The van der Waals surface area contributed by atoms with Crippen LogP contribution in [0.2, 0.25) is 0 Å². The molecule has 5 heteroatoms. The van der Waals surface area contributed by atoms with Gasteiger partial charge in [0, 0.05) is 0 Å². The summed E-state index contributed by atoms with van der Waals surface area (Å²) >= 11 is 0. The maximum atomic E-state index is 9.77. The normalized spacial score (nSPS) is 24.8. The molecule has 0 unspecified atom stereocenters. The number of hydrogen-bond acceptors (Lipinski definition) is 5. The molecule has 2 atom stereocenters. The predicted molar refractivity (Wildman–Crippen MR) is 58.6 cm³/mol. The lowest BCUT2D eigenvalue weighted by molar-refractivity contribution is 0.116. The van der Waals surface area contributed by atoms with Gasteiger partial charge in [0.15, 0.2) is 5.69 Å². The molecule has 0 aliphatic heterocycles. The zero-order valence-corrected chi connectivity index (χ0v) is 8.93. The summed E-state index contributed by atoms with van der Waals surface area (Å²) < 4.78 is 0. The minimum Gasteiger partial charge on any atom is -0.391 e. The van der Waals surface area contributed by atoms with Crippen molar-refractivity contribution in [2.45, 2.75) is 37.8 Å². The van der Waals surface area contributed by atoms with Gasteiger partial charge in [-0.2, -0.15) is 5.26 Å². The quantitative estimate of drug-likeness (QED) is 0.775. The molecule has 1 aromatic heterocycles. The van der Waals surface area contributed by atoms with Crippen LogP contribution in [0.25, 0.3) is 0 Å². The molecule has 1 saturated carbocycles. The molecule has 0 amide bonds. The van der Waals surface area contributed by atoms with Gasteiger partial charge in [-0.15, -0.1) is 10.2 Å². The highest BCUT2D eigenvalue weighted by molar-refractivity contribution is 5.36. The van der Waals surface area contributed by atoms with Crippen molar-refractivity contribution in [3.8, 4) is 6.07 Å². The lowest BCUT2D eigenvalue weighted by Crippen LogP contribution is -2.36. The van der Waals surface area contributed by atoms with Gasteiger partial charge >= 0.3 is 0 Å². The van der Waals surface area contributed by atoms with Gasteiger partial charge in [-0.3, -0.25) is 0 Å². The van der Waals surface area contributed by atoms with E-state index in [1.165, 1.54) is 0 Å². The van der Waals surface area contributed by atoms with E-state index in [4.69, 9.17) is 5.26 Å². The van der Waals surface area contributed by atoms with Gasteiger partial charge in [-0.1, -0.05) is 12.8 Å². The smallest absolute Gasteiger partial charge is 0.163 e. The van der Waals surface area contributed by atoms with Crippen LogP contribution in [0.15, 0.2) is 12.1 Å². The second kappa shape index (κ2) is 4.90. The third-order valence-corrected chi connectivity index (χ3v) is 2.84. The van der Waals surface area contributed by atoms with Gasteiger partial charge < -0.3 is 10.4 Å². The molecule has 0 aromatic carbocycles. The second-order valence-electron chi connectivity index (χ2n) is 4.02. The molecule has 5 nitrogen and oxygen atoms in total. The molecule has 2 N–H and O–H groups in total. The van der Waals surface area contributed by atoms with Crippen molar-refractivity contribution >= 4 is 5.82 Å². The Labute approximate surface area is 94.1 Å². The highest BCUT2D eigenvalue weighted by Crippen LogP contribution is 2.21. The van der Waals surface area contributed by atoms with Crippen LogP contribution in [0.3, 0.4) is 0 Å². The van der Waals surface area contributed by atoms with Gasteiger partial charge in [0.05, 0.1) is 12.1 Å². The summed E-state index contributed by atoms with van der Waals surface area (Å²) in [5.74, 6) is 0.616. The van der Waals surface area contributed by atoms with E-state index in [1.807, 2.05) is 6.07 Å². The Kier molecular flexibility index (Phi) is 3.32. The summed E-state index contributed by atoms with van der Waals surface area (Å²) in [6, 6.07) is 5.30. The Bertz CT molecular complexity index is 384. The first-order valence-electron chi connectivity index (χ1n) is 5.48. The van der Waals surface area contributed by atoms with Crippen LogP contribution >= 0.6 is 0 Å². The van der Waals surface area contributed by atoms with Crippen molar-refractivity contribution in [3.63, 3.8) is 0 Å². The fourth-order valence-corrected chi connectivity index (χ4v) is 1.94. The van der Waals surface area contributed by atoms with Crippen molar-refractivity contribution in [3.05, 3.63) is 17.8 Å². The Hall–Kier alpha value is -1.67. The maximum Gasteiger partial charge on any atom is 0.163 e. The molecule has 1 aliphatic carbocycles. The number of aliphatic hydroxyl groups excluding tert-OH is 1. The summed E-state index contributed by atoms with van der Waals surface area (Å²) in [4.78, 5) is 0. The molecule has 1 heterocycles. The first-order chi connectivity index (χ1) is 7.79. The topological polar surface area (TPSA) is 81.8 Å². The number of hydrogen-bond donors (Lipinski definition) is 2. The molecule has 16 heavy (non-hydrogen) atoms. The zero-order valence-electron chi connectivity index (χ0n) is 8.93. The second-order valence-corrected chi connectivity index (χ2v) is 4.02. The highest BCUT2D eigenvalue weighted by atomic mass is 16.3. The van der Waals surface area contributed by atoms with E-state index in [0.717, 1.165) is 25.7 Å². The molecule has 1 aliphatic rings. The number of anilines is 1. The fourth-order valence-electron chi connectivity index (χ4n) is 1.94. The van der Waals surface area contributed by atoms with E-state index in [1.54, 1.807) is 12.1 Å². The Balaban J connectivity index is 2.00. The largest absolute Gasteiger partial charge is 0.391 e. The monoisotopic (exact) mass is 218 g/mol. The van der Waals surface area contributed by atoms with Crippen LogP contribution in [0, 0.1) is 11.3 Å². The first kappa shape index (κ1) is 10.8. The van der Waals surface area contributed by atoms with E-state index in [9.17, 15) is 5.11 Å². The summed E-state index contributed by atoms with van der Waals surface area (Å²) in [6.07, 6.45) is 3.67. The molecule has 1 fully saturated rings. The highest BCUT2D eigenvalue weighted by Gasteiger charge is 2.22. The van der Waals surface area contributed by atoms with E-state index >= 15 is 0 Å². The number of nitrogens with one attached hydrogen (secondary N) is 1. The number of nitriles is 1. The molecule has 0 saturated heterocycles. The number of nitrogens with zero attached hydrogens (tertiary/aromatic N) is 3. The van der Waals surface area contributed by atoms with E-state index in [-0.39, 0.29) is 12.1 Å². The van der Waals surface area contributed by atoms with Crippen molar-refractivity contribution in [2.75, 3.05) is 5.32 Å². The summed E-state index contributed by atoms with van der Waals surface area (Å²) in [5, 5.41) is 29.1. The van der Waals surface area contributed by atoms with E-state index in [0.29, 0.717) is 11.5 Å². The third-order valence-electron chi connectivity index (χ3n) is 2.84. The minimum atomic E-state index is -0.314. The molecule has 0 bridgehead atoms. The lowest BCUT2D eigenvalue weighted by atomic mass is 9.93. The van der Waals surface area contributed by atoms with Crippen LogP contribution in [0.1, 0.15) is 31.4 Å². The Morgan fingerprint density at radius 1 is 1.31 bits per heavy atom. The zero-order chi connectivity index (χ0) is 11.4. The fraction of sp³-hybridized carbons (Fsp3) is 0.545. The molecule has 84 valence electrons. The summed E-state index contributed by atoms with van der Waals surface area (Å²) in [7, 11) is 0. The summed E-state index contributed by atoms with van der Waals surface area (Å²) in [6.45, 7) is 0. The van der Waals surface area contributed by atoms with Crippen LogP contribution in [-0.4, -0.2) is 27.4 Å². The average Bonchev–Trinajstić information content (AvgIpc) is 2.33. The van der Waals surface area contributed by atoms with Gasteiger partial charge in [-0.25, -0.2) is 0 Å². The summed E-state index contributed by atoms with van der Waals surface area (Å²) in [5.41, 5.74) is 0.301. The van der Waals surface area contributed by atoms with Gasteiger partial charge in [-0.05, 0) is 25.0 Å². The maximum absolute atomic E-state index is 9.77. The van der Waals surface area contributed by atoms with E-state index in [2.05, 4.69) is 15.5 Å². The number of aromatic nitrogens is 2. The van der Waals surface area contributed by atoms with Crippen molar-refractivity contribution < 1.29 is 5.11 Å². The lowest BCUT2D eigenvalue weighted by Gasteiger charge is -2.28. The molecule has 0 radical (unpaired) electrons. The van der Waals surface area contributed by atoms with Crippen molar-refractivity contribution in [2.24, 2.45) is 0 Å². The minimum absolute atomic E-state index is 0.0518. The van der Waals surface area contributed by atoms with Crippen molar-refractivity contribution in [1.29, 1.82) is 5.26 Å². The van der Waals surface area contributed by atoms with Crippen LogP contribution < -0.4 is 5.32 Å². The van der Waals surface area contributed by atoms with Crippen LogP contribution in [0.4, 0.5) is 5.82 Å². The Morgan fingerprint density at radius 3 is 2.75 bits per heavy atom. The van der Waals surface area contributed by atoms with E-state index < -0.39 is 0 Å². The number of aliphatic hydroxyl groups is 1. The molecule has 0 spiro atoms. The van der Waals surface area contributed by atoms with Gasteiger partial charge in [0.2, 0.25) is 0 Å². The molecule has 2 rings (SSSR count). The molecule has 1 aromatic rings. The molecular weight excluding hydrogens is 204 g/mol. The first-order valence-corrected chi connectivity index (χ1v) is 5.48. The Morgan fingerprint density at radius 2 is 2.12 bits per heavy atom. The van der Waals surface area contributed by atoms with Crippen LogP contribution in [0.5, 0.6) is 0 Å². The standard InChI is InChI=1S/C11H14N4O/c12-7-8-5-6-11(15-14-8)13-9-3-1-2-4-10(9)16/h5-6,9-10,16H,1-4H2,(H,13,15)/t9-,10-/m0/s1. The van der Waals surface area contributed by atoms with Crippen LogP contribution in [-0.2, 0) is 0 Å². The van der Waals surface area contributed by atoms with Crippen molar-refractivity contribution in [1.82, 2.24) is 10.2 Å². The number of rotatable bonds is 2. The SMILES string of the molecule is N#Cc1ccc(N[C@H]2CCCC[C@@H]2O)nn1. The third kappa shape index (κ3) is 2.47. The van der Waals surface area contributed by atoms with Gasteiger partial charge in [0.25, 0.3) is 0 Å².